The van der Waals surface area contributed by atoms with Crippen LogP contribution in [0.25, 0.3) is 0 Å². The Morgan fingerprint density at radius 3 is 2.68 bits per heavy atom. The van der Waals surface area contributed by atoms with Gasteiger partial charge in [0.05, 0.1) is 0 Å². The van der Waals surface area contributed by atoms with Crippen molar-refractivity contribution in [1.82, 2.24) is 4.90 Å². The van der Waals surface area contributed by atoms with Gasteiger partial charge in [0.25, 0.3) is 0 Å². The van der Waals surface area contributed by atoms with E-state index in [0.29, 0.717) is 12.1 Å². The van der Waals surface area contributed by atoms with Gasteiger partial charge in [0.15, 0.2) is 0 Å². The number of carbonyl (C=O) groups is 1. The standard InChI is InChI=1S/C14H17BrFNO2/c15-12-2-1-11(13(16)8-12)9-17-5-3-10(4-6-17)7-14(18)19/h1-2,8,10H,3-7,9H2,(H,18,19). The molecule has 1 saturated heterocycles. The van der Waals surface area contributed by atoms with E-state index in [1.165, 1.54) is 6.07 Å². The Bertz CT molecular complexity index is 459. The number of halogens is 2. The van der Waals surface area contributed by atoms with Crippen molar-refractivity contribution >= 4 is 21.9 Å². The maximum absolute atomic E-state index is 13.7. The molecule has 1 aliphatic rings. The highest BCUT2D eigenvalue weighted by atomic mass is 79.9. The molecule has 1 aromatic rings. The molecule has 1 fully saturated rings. The van der Waals surface area contributed by atoms with Gasteiger partial charge in [0.1, 0.15) is 5.82 Å². The van der Waals surface area contributed by atoms with Gasteiger partial charge in [-0.2, -0.15) is 0 Å². The molecule has 0 amide bonds. The highest BCUT2D eigenvalue weighted by Gasteiger charge is 2.21. The summed E-state index contributed by atoms with van der Waals surface area (Å²) < 4.78 is 14.5. The normalized spacial score (nSPS) is 17.6. The van der Waals surface area contributed by atoms with Gasteiger partial charge in [-0.25, -0.2) is 4.39 Å². The van der Waals surface area contributed by atoms with E-state index in [2.05, 4.69) is 20.8 Å². The van der Waals surface area contributed by atoms with Gasteiger partial charge in [0.2, 0.25) is 0 Å². The number of rotatable bonds is 4. The van der Waals surface area contributed by atoms with E-state index in [-0.39, 0.29) is 18.2 Å². The van der Waals surface area contributed by atoms with E-state index in [1.807, 2.05) is 6.07 Å². The molecule has 3 nitrogen and oxygen atoms in total. The van der Waals surface area contributed by atoms with Gasteiger partial charge in [-0.15, -0.1) is 0 Å². The summed E-state index contributed by atoms with van der Waals surface area (Å²) >= 11 is 3.24. The van der Waals surface area contributed by atoms with Crippen molar-refractivity contribution in [3.8, 4) is 0 Å². The zero-order valence-corrected chi connectivity index (χ0v) is 12.2. The molecular weight excluding hydrogens is 313 g/mol. The van der Waals surface area contributed by atoms with Crippen molar-refractivity contribution < 1.29 is 14.3 Å². The largest absolute Gasteiger partial charge is 0.481 e. The molecule has 19 heavy (non-hydrogen) atoms. The molecule has 0 atom stereocenters. The van der Waals surface area contributed by atoms with E-state index >= 15 is 0 Å². The summed E-state index contributed by atoms with van der Waals surface area (Å²) in [7, 11) is 0. The van der Waals surface area contributed by atoms with Crippen molar-refractivity contribution in [2.75, 3.05) is 13.1 Å². The molecule has 0 unspecified atom stereocenters. The lowest BCUT2D eigenvalue weighted by Crippen LogP contribution is -2.34. The number of piperidine rings is 1. The second-order valence-corrected chi connectivity index (χ2v) is 5.97. The minimum absolute atomic E-state index is 0.193. The molecule has 5 heteroatoms. The Balaban J connectivity index is 1.87. The number of nitrogens with zero attached hydrogens (tertiary/aromatic N) is 1. The first-order chi connectivity index (χ1) is 9.04. The van der Waals surface area contributed by atoms with Crippen LogP contribution in [0.3, 0.4) is 0 Å². The average Bonchev–Trinajstić information content (AvgIpc) is 2.34. The summed E-state index contributed by atoms with van der Waals surface area (Å²) in [6, 6.07) is 5.12. The zero-order chi connectivity index (χ0) is 13.8. The molecule has 1 N–H and O–H groups in total. The Morgan fingerprint density at radius 2 is 2.11 bits per heavy atom. The smallest absolute Gasteiger partial charge is 0.303 e. The van der Waals surface area contributed by atoms with Crippen LogP contribution < -0.4 is 0 Å². The Morgan fingerprint density at radius 1 is 1.42 bits per heavy atom. The lowest BCUT2D eigenvalue weighted by Gasteiger charge is -2.31. The van der Waals surface area contributed by atoms with Gasteiger partial charge in [-0.05, 0) is 44.0 Å². The van der Waals surface area contributed by atoms with Crippen LogP contribution in [0, 0.1) is 11.7 Å². The maximum atomic E-state index is 13.7. The first-order valence-electron chi connectivity index (χ1n) is 6.42. The summed E-state index contributed by atoms with van der Waals surface area (Å²) in [6.45, 7) is 2.28. The van der Waals surface area contributed by atoms with E-state index in [4.69, 9.17) is 5.11 Å². The molecule has 0 saturated carbocycles. The van der Waals surface area contributed by atoms with Gasteiger partial charge in [-0.3, -0.25) is 9.69 Å². The third kappa shape index (κ3) is 4.28. The Hall–Kier alpha value is -0.940. The van der Waals surface area contributed by atoms with Gasteiger partial charge < -0.3 is 5.11 Å². The van der Waals surface area contributed by atoms with Crippen LogP contribution in [0.4, 0.5) is 4.39 Å². The number of hydrogen-bond acceptors (Lipinski definition) is 2. The molecule has 0 aliphatic carbocycles. The number of aliphatic carboxylic acids is 1. The quantitative estimate of drug-likeness (QED) is 0.921. The fourth-order valence-electron chi connectivity index (χ4n) is 2.49. The molecule has 104 valence electrons. The summed E-state index contributed by atoms with van der Waals surface area (Å²) in [4.78, 5) is 12.8. The lowest BCUT2D eigenvalue weighted by atomic mass is 9.93. The summed E-state index contributed by atoms with van der Waals surface area (Å²) in [5, 5.41) is 8.76. The predicted molar refractivity (Wildman–Crippen MR) is 74.4 cm³/mol. The summed E-state index contributed by atoms with van der Waals surface area (Å²) in [5.74, 6) is -0.650. The first-order valence-corrected chi connectivity index (χ1v) is 7.22. The van der Waals surface area contributed by atoms with Crippen LogP contribution in [-0.2, 0) is 11.3 Å². The van der Waals surface area contributed by atoms with Crippen LogP contribution in [-0.4, -0.2) is 29.1 Å². The Labute approximate surface area is 120 Å². The van der Waals surface area contributed by atoms with Crippen molar-refractivity contribution in [1.29, 1.82) is 0 Å². The summed E-state index contributed by atoms with van der Waals surface area (Å²) in [5.41, 5.74) is 0.694. The number of carboxylic acid groups (broad SMARTS) is 1. The predicted octanol–water partition coefficient (Wildman–Crippen LogP) is 3.27. The van der Waals surface area contributed by atoms with Crippen LogP contribution in [0.1, 0.15) is 24.8 Å². The molecule has 0 aromatic heterocycles. The fourth-order valence-corrected chi connectivity index (χ4v) is 2.82. The third-order valence-corrected chi connectivity index (χ3v) is 4.07. The minimum Gasteiger partial charge on any atom is -0.481 e. The third-order valence-electron chi connectivity index (χ3n) is 3.58. The first kappa shape index (κ1) is 14.5. The van der Waals surface area contributed by atoms with Crippen molar-refractivity contribution in [3.05, 3.63) is 34.1 Å². The molecular formula is C14H17BrFNO2. The molecule has 1 aromatic carbocycles. The van der Waals surface area contributed by atoms with Crippen LogP contribution in [0.5, 0.6) is 0 Å². The number of carboxylic acids is 1. The van der Waals surface area contributed by atoms with Gasteiger partial charge in [0, 0.05) is 23.0 Å². The van der Waals surface area contributed by atoms with Crippen molar-refractivity contribution in [2.24, 2.45) is 5.92 Å². The second kappa shape index (κ2) is 6.48. The number of likely N-dealkylation sites (tertiary alicyclic amines) is 1. The monoisotopic (exact) mass is 329 g/mol. The van der Waals surface area contributed by atoms with Crippen molar-refractivity contribution in [3.63, 3.8) is 0 Å². The summed E-state index contributed by atoms with van der Waals surface area (Å²) in [6.07, 6.45) is 2.01. The molecule has 0 spiro atoms. The maximum Gasteiger partial charge on any atom is 0.303 e. The molecule has 0 radical (unpaired) electrons. The minimum atomic E-state index is -0.725. The van der Waals surface area contributed by atoms with Crippen LogP contribution in [0.2, 0.25) is 0 Å². The van der Waals surface area contributed by atoms with Crippen LogP contribution in [0.15, 0.2) is 22.7 Å². The molecule has 1 heterocycles. The number of benzene rings is 1. The van der Waals surface area contributed by atoms with Gasteiger partial charge in [-0.1, -0.05) is 22.0 Å². The van der Waals surface area contributed by atoms with Crippen LogP contribution >= 0.6 is 15.9 Å². The molecule has 1 aliphatic heterocycles. The molecule has 2 rings (SSSR count). The second-order valence-electron chi connectivity index (χ2n) is 5.05. The fraction of sp³-hybridized carbons (Fsp3) is 0.500. The van der Waals surface area contributed by atoms with Gasteiger partial charge >= 0.3 is 5.97 Å². The number of hydrogen-bond donors (Lipinski definition) is 1. The van der Waals surface area contributed by atoms with E-state index in [1.54, 1.807) is 6.07 Å². The Kier molecular flexibility index (Phi) is 4.93. The van der Waals surface area contributed by atoms with Crippen molar-refractivity contribution in [2.45, 2.75) is 25.8 Å². The molecule has 0 bridgehead atoms. The SMILES string of the molecule is O=C(O)CC1CCN(Cc2ccc(Br)cc2F)CC1. The lowest BCUT2D eigenvalue weighted by molar-refractivity contribution is -0.138. The zero-order valence-electron chi connectivity index (χ0n) is 10.6. The highest BCUT2D eigenvalue weighted by Crippen LogP contribution is 2.23. The van der Waals surface area contributed by atoms with E-state index in [9.17, 15) is 9.18 Å². The average molecular weight is 330 g/mol. The topological polar surface area (TPSA) is 40.5 Å². The van der Waals surface area contributed by atoms with E-state index < -0.39 is 5.97 Å². The van der Waals surface area contributed by atoms with E-state index in [0.717, 1.165) is 30.4 Å². The highest BCUT2D eigenvalue weighted by molar-refractivity contribution is 9.10.